The van der Waals surface area contributed by atoms with Crippen molar-refractivity contribution in [3.05, 3.63) is 71.5 Å². The van der Waals surface area contributed by atoms with E-state index in [1.807, 2.05) is 6.07 Å². The van der Waals surface area contributed by atoms with Crippen molar-refractivity contribution >= 4 is 10.0 Å². The third-order valence-electron chi connectivity index (χ3n) is 2.68. The quantitative estimate of drug-likeness (QED) is 0.881. The van der Waals surface area contributed by atoms with Crippen LogP contribution < -0.4 is 4.72 Å². The van der Waals surface area contributed by atoms with Gasteiger partial charge in [-0.25, -0.2) is 17.5 Å². The van der Waals surface area contributed by atoms with E-state index in [0.29, 0.717) is 5.56 Å². The van der Waals surface area contributed by atoms with Gasteiger partial charge in [-0.15, -0.1) is 0 Å². The van der Waals surface area contributed by atoms with Gasteiger partial charge < -0.3 is 0 Å². The average molecular weight is 303 g/mol. The molecule has 2 aromatic rings. The third-order valence-corrected chi connectivity index (χ3v) is 3.97. The fourth-order valence-corrected chi connectivity index (χ4v) is 2.72. The molecule has 0 unspecified atom stereocenters. The first kappa shape index (κ1) is 15.2. The van der Waals surface area contributed by atoms with Crippen LogP contribution in [0.15, 0.2) is 54.6 Å². The SMILES string of the molecule is O=S(=O)(Cc1ccccc1)NCC#Cc1ccccc1F. The van der Waals surface area contributed by atoms with Crippen molar-refractivity contribution in [3.8, 4) is 11.8 Å². The first-order valence-corrected chi connectivity index (χ1v) is 7.97. The van der Waals surface area contributed by atoms with Crippen LogP contribution in [0.5, 0.6) is 0 Å². The average Bonchev–Trinajstić information content (AvgIpc) is 2.46. The van der Waals surface area contributed by atoms with Gasteiger partial charge in [0.2, 0.25) is 10.0 Å². The van der Waals surface area contributed by atoms with E-state index in [0.717, 1.165) is 0 Å². The first-order valence-electron chi connectivity index (χ1n) is 6.31. The normalized spacial score (nSPS) is 10.7. The maximum Gasteiger partial charge on any atom is 0.216 e. The number of benzene rings is 2. The highest BCUT2D eigenvalue weighted by Gasteiger charge is 2.09. The van der Waals surface area contributed by atoms with Crippen LogP contribution in [0.4, 0.5) is 4.39 Å². The highest BCUT2D eigenvalue weighted by molar-refractivity contribution is 7.88. The molecule has 0 spiro atoms. The van der Waals surface area contributed by atoms with Gasteiger partial charge >= 0.3 is 0 Å². The van der Waals surface area contributed by atoms with Crippen molar-refractivity contribution in [1.29, 1.82) is 0 Å². The summed E-state index contributed by atoms with van der Waals surface area (Å²) in [7, 11) is -3.45. The fraction of sp³-hybridized carbons (Fsp3) is 0.125. The first-order chi connectivity index (χ1) is 10.1. The zero-order valence-electron chi connectivity index (χ0n) is 11.2. The molecule has 0 heterocycles. The van der Waals surface area contributed by atoms with Gasteiger partial charge in [-0.2, -0.15) is 0 Å². The van der Waals surface area contributed by atoms with Gasteiger partial charge in [-0.3, -0.25) is 0 Å². The minimum Gasteiger partial charge on any atom is -0.212 e. The van der Waals surface area contributed by atoms with E-state index in [-0.39, 0.29) is 17.9 Å². The Morgan fingerprint density at radius 3 is 2.38 bits per heavy atom. The summed E-state index contributed by atoms with van der Waals surface area (Å²) in [5.74, 6) is 4.68. The standard InChI is InChI=1S/C16H14FNO2S/c17-16-11-5-4-9-15(16)10-6-12-18-21(19,20)13-14-7-2-1-3-8-14/h1-5,7-9,11,18H,12-13H2. The summed E-state index contributed by atoms with van der Waals surface area (Å²) in [6, 6.07) is 15.0. The molecule has 0 aromatic heterocycles. The summed E-state index contributed by atoms with van der Waals surface area (Å²) in [6.45, 7) is -0.0521. The number of hydrogen-bond donors (Lipinski definition) is 1. The van der Waals surface area contributed by atoms with E-state index in [9.17, 15) is 12.8 Å². The second kappa shape index (κ2) is 7.02. The van der Waals surface area contributed by atoms with Crippen molar-refractivity contribution in [2.45, 2.75) is 5.75 Å². The zero-order valence-corrected chi connectivity index (χ0v) is 12.0. The van der Waals surface area contributed by atoms with Gasteiger partial charge in [0.15, 0.2) is 0 Å². The number of hydrogen-bond acceptors (Lipinski definition) is 2. The Morgan fingerprint density at radius 2 is 1.67 bits per heavy atom. The highest BCUT2D eigenvalue weighted by atomic mass is 32.2. The summed E-state index contributed by atoms with van der Waals surface area (Å²) in [5.41, 5.74) is 0.951. The van der Waals surface area contributed by atoms with Gasteiger partial charge in [-0.1, -0.05) is 54.3 Å². The predicted molar refractivity (Wildman–Crippen MR) is 80.3 cm³/mol. The number of halogens is 1. The van der Waals surface area contributed by atoms with E-state index in [2.05, 4.69) is 16.6 Å². The fourth-order valence-electron chi connectivity index (χ4n) is 1.69. The smallest absolute Gasteiger partial charge is 0.212 e. The minimum absolute atomic E-state index is 0.0521. The predicted octanol–water partition coefficient (Wildman–Crippen LogP) is 2.30. The van der Waals surface area contributed by atoms with Gasteiger partial charge in [0, 0.05) is 0 Å². The number of rotatable bonds is 4. The van der Waals surface area contributed by atoms with Crippen molar-refractivity contribution < 1.29 is 12.8 Å². The van der Waals surface area contributed by atoms with Gasteiger partial charge in [-0.05, 0) is 17.7 Å². The highest BCUT2D eigenvalue weighted by Crippen LogP contribution is 2.04. The zero-order chi connectivity index (χ0) is 15.1. The maximum absolute atomic E-state index is 13.3. The number of nitrogens with one attached hydrogen (secondary N) is 1. The molecule has 0 saturated carbocycles. The molecule has 21 heavy (non-hydrogen) atoms. The minimum atomic E-state index is -3.45. The molecule has 0 aliphatic rings. The van der Waals surface area contributed by atoms with Crippen LogP contribution in [-0.2, 0) is 15.8 Å². The van der Waals surface area contributed by atoms with Crippen LogP contribution in [0.25, 0.3) is 0 Å². The lowest BCUT2D eigenvalue weighted by Crippen LogP contribution is -2.25. The maximum atomic E-state index is 13.3. The molecule has 2 rings (SSSR count). The Kier molecular flexibility index (Phi) is 5.09. The molecule has 0 atom stereocenters. The summed E-state index contributed by atoms with van der Waals surface area (Å²) >= 11 is 0. The topological polar surface area (TPSA) is 46.2 Å². The summed E-state index contributed by atoms with van der Waals surface area (Å²) in [4.78, 5) is 0. The molecule has 0 aliphatic carbocycles. The van der Waals surface area contributed by atoms with Crippen LogP contribution in [0.3, 0.4) is 0 Å². The lowest BCUT2D eigenvalue weighted by Gasteiger charge is -2.03. The molecule has 1 N–H and O–H groups in total. The van der Waals surface area contributed by atoms with Crippen molar-refractivity contribution in [1.82, 2.24) is 4.72 Å². The van der Waals surface area contributed by atoms with E-state index >= 15 is 0 Å². The van der Waals surface area contributed by atoms with E-state index in [4.69, 9.17) is 0 Å². The molecular weight excluding hydrogens is 289 g/mol. The number of sulfonamides is 1. The molecule has 0 aliphatic heterocycles. The lowest BCUT2D eigenvalue weighted by atomic mass is 10.2. The van der Waals surface area contributed by atoms with Crippen LogP contribution in [-0.4, -0.2) is 15.0 Å². The van der Waals surface area contributed by atoms with Crippen LogP contribution in [0.1, 0.15) is 11.1 Å². The summed E-state index contributed by atoms with van der Waals surface area (Å²) in [5, 5.41) is 0. The lowest BCUT2D eigenvalue weighted by molar-refractivity contribution is 0.585. The Morgan fingerprint density at radius 1 is 1.00 bits per heavy atom. The molecule has 0 fully saturated rings. The molecule has 0 radical (unpaired) electrons. The van der Waals surface area contributed by atoms with Crippen molar-refractivity contribution in [2.24, 2.45) is 0 Å². The Balaban J connectivity index is 1.93. The molecule has 2 aromatic carbocycles. The van der Waals surface area contributed by atoms with E-state index < -0.39 is 15.8 Å². The second-order valence-corrected chi connectivity index (χ2v) is 6.15. The van der Waals surface area contributed by atoms with Crippen molar-refractivity contribution in [2.75, 3.05) is 6.54 Å². The largest absolute Gasteiger partial charge is 0.216 e. The van der Waals surface area contributed by atoms with E-state index in [1.54, 1.807) is 42.5 Å². The summed E-state index contributed by atoms with van der Waals surface area (Å²) < 4.78 is 39.3. The second-order valence-electron chi connectivity index (χ2n) is 4.35. The van der Waals surface area contributed by atoms with Crippen LogP contribution >= 0.6 is 0 Å². The molecular formula is C16H14FNO2S. The van der Waals surface area contributed by atoms with Gasteiger partial charge in [0.25, 0.3) is 0 Å². The molecule has 0 amide bonds. The monoisotopic (exact) mass is 303 g/mol. The van der Waals surface area contributed by atoms with Gasteiger partial charge in [0.05, 0.1) is 17.9 Å². The molecule has 0 saturated heterocycles. The van der Waals surface area contributed by atoms with Crippen LogP contribution in [0, 0.1) is 17.7 Å². The van der Waals surface area contributed by atoms with Crippen LogP contribution in [0.2, 0.25) is 0 Å². The Labute approximate surface area is 123 Å². The molecule has 5 heteroatoms. The molecule has 3 nitrogen and oxygen atoms in total. The Hall–Kier alpha value is -2.16. The van der Waals surface area contributed by atoms with Gasteiger partial charge in [0.1, 0.15) is 5.82 Å². The third kappa shape index (κ3) is 5.03. The Bertz CT molecular complexity index is 762. The van der Waals surface area contributed by atoms with E-state index in [1.165, 1.54) is 6.07 Å². The summed E-state index contributed by atoms with van der Waals surface area (Å²) in [6.07, 6.45) is 0. The molecule has 0 bridgehead atoms. The van der Waals surface area contributed by atoms with Crippen molar-refractivity contribution in [3.63, 3.8) is 0 Å². The molecule has 108 valence electrons.